The third kappa shape index (κ3) is 3.14. The van der Waals surface area contributed by atoms with Crippen LogP contribution in [0.2, 0.25) is 0 Å². The fraction of sp³-hybridized carbons (Fsp3) is 0.375. The summed E-state index contributed by atoms with van der Waals surface area (Å²) in [6.45, 7) is 1.50. The van der Waals surface area contributed by atoms with E-state index in [0.29, 0.717) is 6.42 Å². The van der Waals surface area contributed by atoms with Gasteiger partial charge in [-0.3, -0.25) is 4.79 Å². The normalized spacial score (nSPS) is 12.1. The van der Waals surface area contributed by atoms with Crippen LogP contribution in [-0.2, 0) is 16.0 Å². The molecule has 0 spiro atoms. The number of carbonyl (C=O) groups is 2. The van der Waals surface area contributed by atoms with Gasteiger partial charge in [0.05, 0.1) is 18.6 Å². The van der Waals surface area contributed by atoms with Crippen molar-refractivity contribution in [2.24, 2.45) is 0 Å². The molecule has 1 aromatic heterocycles. The Balaban J connectivity index is 2.51. The largest absolute Gasteiger partial charge is 0.348 e. The van der Waals surface area contributed by atoms with Crippen molar-refractivity contribution in [2.75, 3.05) is 0 Å². The maximum Gasteiger partial charge on any atom is 0.278 e. The standard InChI is InChI=1S/C8H12BN3O2/c1-6(14)8(12-9-4-13)2-7-3-10-5-11-7/h3-5,8-9,12H,2H2,1H3,(H,10,11). The number of carbonyl (C=O) groups excluding carboxylic acids is 2. The molecule has 0 saturated heterocycles. The maximum atomic E-state index is 11.2. The van der Waals surface area contributed by atoms with Crippen LogP contribution in [0.3, 0.4) is 0 Å². The smallest absolute Gasteiger partial charge is 0.278 e. The highest BCUT2D eigenvalue weighted by atomic mass is 16.1. The van der Waals surface area contributed by atoms with Gasteiger partial charge in [-0.05, 0) is 6.92 Å². The Morgan fingerprint density at radius 3 is 3.14 bits per heavy atom. The molecule has 1 rings (SSSR count). The van der Waals surface area contributed by atoms with Gasteiger partial charge < -0.3 is 15.0 Å². The number of ketones is 1. The average molecular weight is 193 g/mol. The monoisotopic (exact) mass is 193 g/mol. The fourth-order valence-electron chi connectivity index (χ4n) is 1.17. The predicted octanol–water partition coefficient (Wildman–Crippen LogP) is -0.959. The van der Waals surface area contributed by atoms with Crippen LogP contribution in [0.4, 0.5) is 0 Å². The Hall–Kier alpha value is -1.43. The first-order valence-electron chi connectivity index (χ1n) is 4.38. The lowest BCUT2D eigenvalue weighted by atomic mass is 9.94. The minimum Gasteiger partial charge on any atom is -0.348 e. The van der Waals surface area contributed by atoms with E-state index in [1.165, 1.54) is 6.92 Å². The lowest BCUT2D eigenvalue weighted by Gasteiger charge is -2.12. The van der Waals surface area contributed by atoms with Crippen molar-refractivity contribution in [3.63, 3.8) is 0 Å². The van der Waals surface area contributed by atoms with Gasteiger partial charge >= 0.3 is 0 Å². The lowest BCUT2D eigenvalue weighted by Crippen LogP contribution is -2.40. The summed E-state index contributed by atoms with van der Waals surface area (Å²) in [4.78, 5) is 28.1. The Labute approximate surface area is 82.6 Å². The molecule has 0 fully saturated rings. The van der Waals surface area contributed by atoms with E-state index in [4.69, 9.17) is 0 Å². The van der Waals surface area contributed by atoms with Crippen LogP contribution in [0.1, 0.15) is 12.6 Å². The molecule has 0 saturated carbocycles. The van der Waals surface area contributed by atoms with E-state index < -0.39 is 0 Å². The molecule has 0 amide bonds. The van der Waals surface area contributed by atoms with Crippen molar-refractivity contribution in [3.8, 4) is 0 Å². The predicted molar refractivity (Wildman–Crippen MR) is 53.8 cm³/mol. The first-order valence-corrected chi connectivity index (χ1v) is 4.38. The molecule has 0 radical (unpaired) electrons. The number of nitrogens with zero attached hydrogens (tertiary/aromatic N) is 1. The molecule has 6 heteroatoms. The molecule has 1 heterocycles. The number of imidazole rings is 1. The molecule has 5 nitrogen and oxygen atoms in total. The van der Waals surface area contributed by atoms with Gasteiger partial charge in [-0.15, -0.1) is 0 Å². The van der Waals surface area contributed by atoms with Gasteiger partial charge in [0.2, 0.25) is 0 Å². The van der Waals surface area contributed by atoms with Gasteiger partial charge in [-0.25, -0.2) is 4.98 Å². The van der Waals surface area contributed by atoms with E-state index in [2.05, 4.69) is 15.2 Å². The zero-order valence-corrected chi connectivity index (χ0v) is 7.99. The maximum absolute atomic E-state index is 11.2. The molecule has 1 aromatic rings. The highest BCUT2D eigenvalue weighted by Gasteiger charge is 2.14. The van der Waals surface area contributed by atoms with E-state index in [-0.39, 0.29) is 19.2 Å². The molecule has 74 valence electrons. The zero-order chi connectivity index (χ0) is 10.4. The molecule has 0 aliphatic carbocycles. The summed E-state index contributed by atoms with van der Waals surface area (Å²) in [6, 6.07) is -0.319. The van der Waals surface area contributed by atoms with Crippen molar-refractivity contribution in [3.05, 3.63) is 18.2 Å². The van der Waals surface area contributed by atoms with Crippen LogP contribution in [-0.4, -0.2) is 35.4 Å². The Morgan fingerprint density at radius 1 is 1.86 bits per heavy atom. The van der Waals surface area contributed by atoms with Crippen molar-refractivity contribution >= 4 is 19.4 Å². The molecule has 0 aliphatic rings. The second-order valence-corrected chi connectivity index (χ2v) is 3.02. The molecule has 0 aliphatic heterocycles. The average Bonchev–Trinajstić information content (AvgIpc) is 2.64. The van der Waals surface area contributed by atoms with E-state index in [1.54, 1.807) is 12.5 Å². The molecule has 2 N–H and O–H groups in total. The van der Waals surface area contributed by atoms with Crippen molar-refractivity contribution < 1.29 is 9.59 Å². The summed E-state index contributed by atoms with van der Waals surface area (Å²) in [5, 5.41) is 2.84. The highest BCUT2D eigenvalue weighted by molar-refractivity contribution is 6.64. The van der Waals surface area contributed by atoms with E-state index >= 15 is 0 Å². The van der Waals surface area contributed by atoms with Crippen molar-refractivity contribution in [1.29, 1.82) is 0 Å². The topological polar surface area (TPSA) is 74.8 Å². The van der Waals surface area contributed by atoms with E-state index in [9.17, 15) is 9.59 Å². The van der Waals surface area contributed by atoms with Gasteiger partial charge in [-0.1, -0.05) is 0 Å². The number of aromatic amines is 1. The van der Waals surface area contributed by atoms with Gasteiger partial charge in [-0.2, -0.15) is 0 Å². The first-order chi connectivity index (χ1) is 6.74. The second kappa shape index (κ2) is 5.34. The minimum absolute atomic E-state index is 0.0152. The van der Waals surface area contributed by atoms with Crippen molar-refractivity contribution in [1.82, 2.24) is 15.2 Å². The SMILES string of the molecule is CC(=O)C(Cc1cnc[nH]1)NBC=O. The number of aromatic nitrogens is 2. The third-order valence-corrected chi connectivity index (χ3v) is 1.92. The minimum atomic E-state index is -0.319. The summed E-state index contributed by atoms with van der Waals surface area (Å²) >= 11 is 0. The summed E-state index contributed by atoms with van der Waals surface area (Å²) in [5.41, 5.74) is 0.878. The first kappa shape index (κ1) is 10.7. The molecular weight excluding hydrogens is 181 g/mol. The fourth-order valence-corrected chi connectivity index (χ4v) is 1.17. The molecular formula is C8H12BN3O2. The van der Waals surface area contributed by atoms with Gasteiger partial charge in [0.1, 0.15) is 5.78 Å². The molecule has 1 atom stereocenters. The van der Waals surface area contributed by atoms with Crippen LogP contribution in [0.5, 0.6) is 0 Å². The number of nitrogens with one attached hydrogen (secondary N) is 2. The van der Waals surface area contributed by atoms with Crippen molar-refractivity contribution in [2.45, 2.75) is 19.4 Å². The van der Waals surface area contributed by atoms with E-state index in [1.807, 2.05) is 0 Å². The van der Waals surface area contributed by atoms with Crippen LogP contribution in [0.15, 0.2) is 12.5 Å². The van der Waals surface area contributed by atoms with Gasteiger partial charge in [0.25, 0.3) is 7.41 Å². The molecule has 0 aromatic carbocycles. The number of rotatable bonds is 6. The summed E-state index contributed by atoms with van der Waals surface area (Å²) in [5.74, 6) is 0.0152. The van der Waals surface area contributed by atoms with Crippen LogP contribution in [0.25, 0.3) is 0 Å². The number of hydrogen-bond donors (Lipinski definition) is 2. The Bertz CT molecular complexity index is 300. The number of H-pyrrole nitrogens is 1. The van der Waals surface area contributed by atoms with Crippen LogP contribution < -0.4 is 5.23 Å². The second-order valence-electron chi connectivity index (χ2n) is 3.02. The Morgan fingerprint density at radius 2 is 2.64 bits per heavy atom. The third-order valence-electron chi connectivity index (χ3n) is 1.92. The van der Waals surface area contributed by atoms with Crippen LogP contribution in [0, 0.1) is 0 Å². The summed E-state index contributed by atoms with van der Waals surface area (Å²) < 4.78 is 0. The summed E-state index contributed by atoms with van der Waals surface area (Å²) in [6.07, 6.45) is 4.50. The quantitative estimate of drug-likeness (QED) is 0.450. The number of hydrogen-bond acceptors (Lipinski definition) is 4. The molecule has 14 heavy (non-hydrogen) atoms. The van der Waals surface area contributed by atoms with Crippen LogP contribution >= 0.6 is 0 Å². The number of Topliss-reactive ketones (excluding diaryl/α,β-unsaturated/α-hetero) is 1. The molecule has 0 bridgehead atoms. The zero-order valence-electron chi connectivity index (χ0n) is 7.99. The summed E-state index contributed by atoms with van der Waals surface area (Å²) in [7, 11) is 0.193. The van der Waals surface area contributed by atoms with E-state index in [0.717, 1.165) is 11.9 Å². The lowest BCUT2D eigenvalue weighted by molar-refractivity contribution is -0.118. The Kier molecular flexibility index (Phi) is 4.06. The highest BCUT2D eigenvalue weighted by Crippen LogP contribution is 1.98. The molecule has 1 unspecified atom stereocenters. The van der Waals surface area contributed by atoms with Gasteiger partial charge in [0.15, 0.2) is 0 Å². The van der Waals surface area contributed by atoms with Gasteiger partial charge in [0, 0.05) is 18.3 Å².